The predicted molar refractivity (Wildman–Crippen MR) is 426 cm³/mol. The number of hydrogen-bond donors (Lipinski definition) is 0. The molecule has 0 unspecified atom stereocenters. The van der Waals surface area contributed by atoms with Crippen molar-refractivity contribution in [2.45, 2.75) is 379 Å². The van der Waals surface area contributed by atoms with E-state index in [9.17, 15) is 0 Å². The molecule has 0 radical (unpaired) electrons. The summed E-state index contributed by atoms with van der Waals surface area (Å²) in [5, 5.41) is 0. The topological polar surface area (TPSA) is 36.9 Å². The van der Waals surface area contributed by atoms with E-state index in [1.54, 1.807) is 14.2 Å². The van der Waals surface area contributed by atoms with Crippen LogP contribution in [0.1, 0.15) is 342 Å². The quantitative estimate of drug-likeness (QED) is 0.168. The summed E-state index contributed by atoms with van der Waals surface area (Å²) in [5.41, 5.74) is 0.487. The van der Waals surface area contributed by atoms with Crippen LogP contribution in [-0.4, -0.2) is 117 Å². The molecular weight excluding hydrogens is 1160 g/mol. The fourth-order valence-corrected chi connectivity index (χ4v) is 9.30. The SMILES string of the molecule is C.CC(C)(C)OC(C)(C)C.CC(C)(C)SC(C)(C)C.CCCSC.CCCSC.CCOCC.CCSCC.COC(C)(C)C(C)(C)C.COC(C)(C)C(C)(C)C.CSC(C)(C)C(C)(C)C.CSC(C)(C)C(C)(C)C.[2H]C([2H])([2H])C(C)(C)C(C)(CC)CC. The van der Waals surface area contributed by atoms with E-state index in [1.165, 1.54) is 35.9 Å². The highest BCUT2D eigenvalue weighted by Crippen LogP contribution is 2.44. The van der Waals surface area contributed by atoms with E-state index in [1.807, 2.05) is 98.3 Å². The minimum absolute atomic E-state index is 0. The largest absolute Gasteiger partial charge is 0.382 e. The van der Waals surface area contributed by atoms with E-state index in [0.29, 0.717) is 29.8 Å². The summed E-state index contributed by atoms with van der Waals surface area (Å²) in [4.78, 5) is 0. The molecule has 0 aromatic rings. The number of hydrogen-bond acceptors (Lipinski definition) is 10. The minimum Gasteiger partial charge on any atom is -0.382 e. The summed E-state index contributed by atoms with van der Waals surface area (Å²) in [7, 11) is 3.51. The zero-order valence-electron chi connectivity index (χ0n) is 70.7. The van der Waals surface area contributed by atoms with Gasteiger partial charge in [-0.3, -0.25) is 0 Å². The highest BCUT2D eigenvalue weighted by Gasteiger charge is 2.35. The van der Waals surface area contributed by atoms with E-state index in [4.69, 9.17) is 23.1 Å². The lowest BCUT2D eigenvalue weighted by Crippen LogP contribution is -2.38. The van der Waals surface area contributed by atoms with Crippen LogP contribution in [0.2, 0.25) is 0 Å². The molecule has 0 aliphatic rings. The Morgan fingerprint density at radius 1 is 0.365 bits per heavy atom. The van der Waals surface area contributed by atoms with Gasteiger partial charge in [-0.2, -0.15) is 70.6 Å². The van der Waals surface area contributed by atoms with Crippen molar-refractivity contribution in [3.63, 3.8) is 0 Å². The van der Waals surface area contributed by atoms with Gasteiger partial charge in [-0.25, -0.2) is 0 Å². The van der Waals surface area contributed by atoms with Crippen LogP contribution in [-0.2, 0) is 18.9 Å². The number of thioether (sulfide) groups is 6. The lowest BCUT2D eigenvalue weighted by Gasteiger charge is -2.40. The molecule has 10 heteroatoms. The van der Waals surface area contributed by atoms with Crippen LogP contribution in [0.15, 0.2) is 0 Å². The minimum atomic E-state index is -1.87. The van der Waals surface area contributed by atoms with E-state index in [2.05, 4.69) is 295 Å². The van der Waals surface area contributed by atoms with Gasteiger partial charge in [0.05, 0.1) is 22.4 Å². The lowest BCUT2D eigenvalue weighted by molar-refractivity contribution is -0.102. The van der Waals surface area contributed by atoms with Gasteiger partial charge in [0.2, 0.25) is 0 Å². The van der Waals surface area contributed by atoms with Gasteiger partial charge in [0.25, 0.3) is 0 Å². The molecule has 0 atom stereocenters. The molecule has 534 valence electrons. The molecule has 0 spiro atoms. The third-order valence-corrected chi connectivity index (χ3v) is 22.1. The van der Waals surface area contributed by atoms with E-state index < -0.39 is 12.3 Å². The van der Waals surface area contributed by atoms with Gasteiger partial charge >= 0.3 is 0 Å². The molecule has 85 heavy (non-hydrogen) atoms. The molecule has 0 aromatic carbocycles. The molecule has 0 fully saturated rings. The molecular formula is C75H174O4S6. The summed E-state index contributed by atoms with van der Waals surface area (Å²) in [5.74, 6) is 5.13. The van der Waals surface area contributed by atoms with Gasteiger partial charge in [-0.15, -0.1) is 0 Å². The van der Waals surface area contributed by atoms with Gasteiger partial charge in [0.15, 0.2) is 0 Å². The standard InChI is InChI=1S/C10H22.3C8H18O.3C8H18S.C4H10O.3C4H10S.CH4/c1-7-10(6,8-2)9(3,4)5;2*1-7(2,3)8(4,5)9-6;1-7(2,3)9-8(4,5)6;2*1-7(2,3)8(4,5)9-6;1-7(2,3)9-8(4,5)6;1-3-5-4-2;2*1-3-4-5-2;1-3-5-4-2;/h7-8H2,1-6H3;6*1-6H3;4*3-4H2,1-2H3;1H4/i3D3;;;;;;;;;;;. The smallest absolute Gasteiger partial charge is 0.0670 e. The maximum atomic E-state index is 7.53. The first-order valence-corrected chi connectivity index (χ1v) is 39.4. The molecule has 0 heterocycles. The Hall–Kier alpha value is 1.94. The Bertz CT molecular complexity index is 1270. The molecule has 0 aliphatic heterocycles. The monoisotopic (exact) mass is 1330 g/mol. The van der Waals surface area contributed by atoms with Crippen molar-refractivity contribution in [1.29, 1.82) is 0 Å². The van der Waals surface area contributed by atoms with E-state index in [0.717, 1.165) is 26.1 Å². The summed E-state index contributed by atoms with van der Waals surface area (Å²) in [6.07, 6.45) is 13.0. The first-order chi connectivity index (χ1) is 37.9. The molecule has 0 rings (SSSR count). The van der Waals surface area contributed by atoms with E-state index >= 15 is 0 Å². The summed E-state index contributed by atoms with van der Waals surface area (Å²) >= 11 is 11.6. The van der Waals surface area contributed by atoms with Crippen LogP contribution in [0, 0.1) is 32.5 Å². The maximum absolute atomic E-state index is 7.53. The Morgan fingerprint density at radius 3 is 0.624 bits per heavy atom. The molecule has 0 aliphatic carbocycles. The normalized spacial score (nSPS) is 13.2. The van der Waals surface area contributed by atoms with Crippen LogP contribution in [0.5, 0.6) is 0 Å². The third kappa shape index (κ3) is 83.9. The van der Waals surface area contributed by atoms with Crippen molar-refractivity contribution >= 4 is 70.6 Å². The van der Waals surface area contributed by atoms with Crippen molar-refractivity contribution in [1.82, 2.24) is 0 Å². The molecule has 0 N–H and O–H groups in total. The maximum Gasteiger partial charge on any atom is 0.0670 e. The molecule has 0 aromatic heterocycles. The average molecular weight is 1340 g/mol. The number of methoxy groups -OCH3 is 2. The molecule has 0 amide bonds. The van der Waals surface area contributed by atoms with Crippen molar-refractivity contribution in [3.8, 4) is 0 Å². The Kier molecular flexibility index (Phi) is 68.7. The summed E-state index contributed by atoms with van der Waals surface area (Å²) in [6.45, 7) is 92.7. The third-order valence-electron chi connectivity index (χ3n) is 15.2. The molecule has 0 saturated heterocycles. The lowest BCUT2D eigenvalue weighted by atomic mass is 9.65. The van der Waals surface area contributed by atoms with E-state index in [-0.39, 0.29) is 46.1 Å². The predicted octanol–water partition coefficient (Wildman–Crippen LogP) is 28.0. The second kappa shape index (κ2) is 55.2. The molecule has 0 saturated carbocycles. The zero-order chi connectivity index (χ0) is 73.6. The average Bonchev–Trinajstić information content (AvgIpc) is 3.30. The molecule has 4 nitrogen and oxygen atoms in total. The van der Waals surface area contributed by atoms with Crippen molar-refractivity contribution in [2.75, 3.05) is 75.5 Å². The Balaban J connectivity index is -0.0000000730. The highest BCUT2D eigenvalue weighted by molar-refractivity contribution is 8.02. The Morgan fingerprint density at radius 2 is 0.612 bits per heavy atom. The van der Waals surface area contributed by atoms with Gasteiger partial charge in [-0.05, 0) is 176 Å². The van der Waals surface area contributed by atoms with Crippen LogP contribution in [0.25, 0.3) is 0 Å². The first-order valence-electron chi connectivity index (χ1n) is 33.7. The first kappa shape index (κ1) is 106. The second-order valence-corrected chi connectivity index (χ2v) is 41.0. The van der Waals surface area contributed by atoms with Gasteiger partial charge in [-0.1, -0.05) is 242 Å². The van der Waals surface area contributed by atoms with Gasteiger partial charge < -0.3 is 18.9 Å². The van der Waals surface area contributed by atoms with Crippen molar-refractivity contribution in [2.24, 2.45) is 32.5 Å². The highest BCUT2D eigenvalue weighted by atomic mass is 32.2. The van der Waals surface area contributed by atoms with Crippen LogP contribution in [0.3, 0.4) is 0 Å². The van der Waals surface area contributed by atoms with Crippen LogP contribution < -0.4 is 0 Å². The summed E-state index contributed by atoms with van der Waals surface area (Å²) in [6, 6.07) is 0. The fourth-order valence-electron chi connectivity index (χ4n) is 5.01. The van der Waals surface area contributed by atoms with Gasteiger partial charge in [0.1, 0.15) is 0 Å². The van der Waals surface area contributed by atoms with Crippen LogP contribution in [0.4, 0.5) is 0 Å². The molecule has 0 bridgehead atoms. The Labute approximate surface area is 576 Å². The van der Waals surface area contributed by atoms with Crippen molar-refractivity contribution < 1.29 is 23.1 Å². The second-order valence-electron chi connectivity index (χ2n) is 32.0. The fraction of sp³-hybridized carbons (Fsp3) is 1.00. The zero-order valence-corrected chi connectivity index (χ0v) is 72.6. The van der Waals surface area contributed by atoms with Crippen LogP contribution >= 0.6 is 70.6 Å². The number of ether oxygens (including phenoxy) is 4. The van der Waals surface area contributed by atoms with Crippen molar-refractivity contribution in [3.05, 3.63) is 0 Å². The van der Waals surface area contributed by atoms with Gasteiger partial charge in [0, 0.05) is 50.5 Å². The summed E-state index contributed by atoms with van der Waals surface area (Å²) < 4.78 is 45.2. The number of rotatable bonds is 14.